The van der Waals surface area contributed by atoms with Crippen molar-refractivity contribution in [2.24, 2.45) is 0 Å². The lowest BCUT2D eigenvalue weighted by Crippen LogP contribution is -2.26. The fraction of sp³-hybridized carbons (Fsp3) is 0.0667. The molecule has 0 spiro atoms. The van der Waals surface area contributed by atoms with E-state index in [9.17, 15) is 10.1 Å². The third-order valence-corrected chi connectivity index (χ3v) is 6.52. The Balaban J connectivity index is 1.56. The Kier molecular flexibility index (Phi) is 5.79. The van der Waals surface area contributed by atoms with Crippen LogP contribution in [0.15, 0.2) is 103 Å². The van der Waals surface area contributed by atoms with Crippen molar-refractivity contribution in [3.05, 3.63) is 119 Å². The van der Waals surface area contributed by atoms with E-state index in [1.807, 2.05) is 61.5 Å². The van der Waals surface area contributed by atoms with E-state index < -0.39 is 0 Å². The quantitative estimate of drug-likeness (QED) is 0.339. The maximum Gasteiger partial charge on any atom is 0.263 e. The predicted octanol–water partition coefficient (Wildman–Crippen LogP) is 5.44. The second kappa shape index (κ2) is 9.56. The average Bonchev–Trinajstić information content (AvgIpc) is 2.97. The van der Waals surface area contributed by atoms with E-state index in [1.54, 1.807) is 35.2 Å². The Morgan fingerprint density at radius 1 is 0.921 bits per heavy atom. The Morgan fingerprint density at radius 2 is 1.74 bits per heavy atom. The van der Waals surface area contributed by atoms with Gasteiger partial charge in [0.05, 0.1) is 28.6 Å². The molecule has 6 rings (SSSR count). The number of fused-ring (bicyclic) bond motifs is 2. The molecule has 8 nitrogen and oxygen atoms in total. The van der Waals surface area contributed by atoms with Gasteiger partial charge in [0.15, 0.2) is 0 Å². The van der Waals surface area contributed by atoms with E-state index in [2.05, 4.69) is 31.3 Å². The van der Waals surface area contributed by atoms with Gasteiger partial charge >= 0.3 is 0 Å². The molecule has 0 aliphatic rings. The van der Waals surface area contributed by atoms with E-state index >= 15 is 0 Å². The maximum absolute atomic E-state index is 14.2. The summed E-state index contributed by atoms with van der Waals surface area (Å²) in [6, 6.07) is 24.5. The van der Waals surface area contributed by atoms with Gasteiger partial charge in [-0.15, -0.1) is 0 Å². The summed E-state index contributed by atoms with van der Waals surface area (Å²) in [5.41, 5.74) is 4.16. The van der Waals surface area contributed by atoms with Crippen LogP contribution in [-0.4, -0.2) is 24.5 Å². The van der Waals surface area contributed by atoms with Crippen molar-refractivity contribution >= 4 is 27.5 Å². The highest BCUT2D eigenvalue weighted by molar-refractivity contribution is 5.96. The molecule has 0 radical (unpaired) electrons. The fourth-order valence-electron chi connectivity index (χ4n) is 4.74. The minimum Gasteiger partial charge on any atom is -0.361 e. The lowest BCUT2D eigenvalue weighted by molar-refractivity contribution is 0.774. The molecule has 1 atom stereocenters. The highest BCUT2D eigenvalue weighted by atomic mass is 16.1. The van der Waals surface area contributed by atoms with Crippen LogP contribution in [0.2, 0.25) is 0 Å². The van der Waals surface area contributed by atoms with Crippen LogP contribution in [-0.2, 0) is 0 Å². The van der Waals surface area contributed by atoms with Crippen LogP contribution >= 0.6 is 0 Å². The van der Waals surface area contributed by atoms with Gasteiger partial charge in [-0.1, -0.05) is 36.4 Å². The van der Waals surface area contributed by atoms with Gasteiger partial charge in [-0.05, 0) is 54.3 Å². The first-order chi connectivity index (χ1) is 18.6. The summed E-state index contributed by atoms with van der Waals surface area (Å²) in [6.45, 7) is 1.98. The van der Waals surface area contributed by atoms with Crippen LogP contribution in [0.3, 0.4) is 0 Å². The molecule has 3 heterocycles. The predicted molar refractivity (Wildman–Crippen MR) is 147 cm³/mol. The highest BCUT2D eigenvalue weighted by Gasteiger charge is 2.20. The fourth-order valence-corrected chi connectivity index (χ4v) is 4.74. The molecule has 0 unspecified atom stereocenters. The number of hydrogen-bond acceptors (Lipinski definition) is 7. The maximum atomic E-state index is 14.2. The molecule has 0 aliphatic carbocycles. The van der Waals surface area contributed by atoms with Crippen LogP contribution in [0.5, 0.6) is 0 Å². The van der Waals surface area contributed by atoms with Crippen LogP contribution in [0, 0.1) is 11.3 Å². The summed E-state index contributed by atoms with van der Waals surface area (Å²) in [5, 5.41) is 15.0. The number of hydrogen-bond donors (Lipinski definition) is 1. The molecule has 3 aromatic carbocycles. The van der Waals surface area contributed by atoms with E-state index in [1.165, 1.54) is 12.7 Å². The first kappa shape index (κ1) is 23.0. The van der Waals surface area contributed by atoms with Crippen LogP contribution < -0.4 is 10.9 Å². The van der Waals surface area contributed by atoms with Gasteiger partial charge in [0, 0.05) is 34.7 Å². The first-order valence-electron chi connectivity index (χ1n) is 12.0. The molecule has 1 N–H and O–H groups in total. The zero-order chi connectivity index (χ0) is 26.1. The second-order valence-electron chi connectivity index (χ2n) is 8.87. The Bertz CT molecular complexity index is 1890. The van der Waals surface area contributed by atoms with Crippen molar-refractivity contribution in [1.29, 1.82) is 5.26 Å². The molecule has 38 heavy (non-hydrogen) atoms. The zero-order valence-corrected chi connectivity index (χ0v) is 20.4. The molecular weight excluding hydrogens is 474 g/mol. The Hall–Kier alpha value is -5.42. The normalized spacial score (nSPS) is 11.8. The van der Waals surface area contributed by atoms with Gasteiger partial charge in [-0.2, -0.15) is 5.26 Å². The van der Waals surface area contributed by atoms with Gasteiger partial charge in [-0.25, -0.2) is 19.9 Å². The number of benzene rings is 3. The molecule has 0 saturated heterocycles. The molecule has 182 valence electrons. The molecule has 6 aromatic rings. The number of anilines is 1. The average molecular weight is 496 g/mol. The SMILES string of the molecule is C[C@H](Nc1ncnc2ccc(C#N)cc12)c1cc2cccc(-c3cncnc3)c2c(=O)n1-c1ccccc1. The van der Waals surface area contributed by atoms with Gasteiger partial charge in [0.25, 0.3) is 5.56 Å². The minimum absolute atomic E-state index is 0.142. The number of rotatable bonds is 5. The number of nitriles is 1. The van der Waals surface area contributed by atoms with E-state index in [0.29, 0.717) is 16.8 Å². The number of nitrogens with zero attached hydrogens (tertiary/aromatic N) is 6. The standard InChI is InChI=1S/C30H21N7O/c1-19(36-29-25-12-20(14-31)10-11-26(25)34-18-35-29)27-13-21-6-5-9-24(22-15-32-17-33-16-22)28(21)30(38)37(27)23-7-3-2-4-8-23/h2-13,15-19H,1H3,(H,34,35,36)/t19-/m0/s1. The van der Waals surface area contributed by atoms with Crippen LogP contribution in [0.4, 0.5) is 5.82 Å². The number of nitrogens with one attached hydrogen (secondary N) is 1. The third-order valence-electron chi connectivity index (χ3n) is 6.52. The number of para-hydroxylation sites is 1. The molecule has 0 amide bonds. The summed E-state index contributed by atoms with van der Waals surface area (Å²) < 4.78 is 1.73. The molecule has 0 fully saturated rings. The van der Waals surface area contributed by atoms with Crippen molar-refractivity contribution in [3.63, 3.8) is 0 Å². The van der Waals surface area contributed by atoms with Crippen molar-refractivity contribution in [3.8, 4) is 22.9 Å². The van der Waals surface area contributed by atoms with E-state index in [-0.39, 0.29) is 11.6 Å². The lowest BCUT2D eigenvalue weighted by Gasteiger charge is -2.22. The third kappa shape index (κ3) is 4.02. The Labute approximate surface area is 217 Å². The monoisotopic (exact) mass is 495 g/mol. The van der Waals surface area contributed by atoms with Crippen molar-refractivity contribution in [2.75, 3.05) is 5.32 Å². The molecule has 0 bridgehead atoms. The largest absolute Gasteiger partial charge is 0.361 e. The van der Waals surface area contributed by atoms with Crippen molar-refractivity contribution in [1.82, 2.24) is 24.5 Å². The molecule has 8 heteroatoms. The number of pyridine rings is 1. The van der Waals surface area contributed by atoms with Crippen LogP contribution in [0.25, 0.3) is 38.5 Å². The highest BCUT2D eigenvalue weighted by Crippen LogP contribution is 2.30. The second-order valence-corrected chi connectivity index (χ2v) is 8.87. The molecule has 3 aromatic heterocycles. The smallest absolute Gasteiger partial charge is 0.263 e. The molecule has 0 aliphatic heterocycles. The minimum atomic E-state index is -0.320. The number of aromatic nitrogens is 5. The zero-order valence-electron chi connectivity index (χ0n) is 20.4. The topological polar surface area (TPSA) is 109 Å². The summed E-state index contributed by atoms with van der Waals surface area (Å²) >= 11 is 0. The van der Waals surface area contributed by atoms with Crippen molar-refractivity contribution < 1.29 is 0 Å². The van der Waals surface area contributed by atoms with E-state index in [0.717, 1.165) is 38.8 Å². The summed E-state index contributed by atoms with van der Waals surface area (Å²) in [6.07, 6.45) is 6.38. The van der Waals surface area contributed by atoms with Gasteiger partial charge in [-0.3, -0.25) is 9.36 Å². The summed E-state index contributed by atoms with van der Waals surface area (Å²) in [5.74, 6) is 0.585. The van der Waals surface area contributed by atoms with E-state index in [4.69, 9.17) is 0 Å². The van der Waals surface area contributed by atoms with Gasteiger partial charge < -0.3 is 5.32 Å². The molecular formula is C30H21N7O. The molecule has 0 saturated carbocycles. The summed E-state index contributed by atoms with van der Waals surface area (Å²) in [7, 11) is 0. The lowest BCUT2D eigenvalue weighted by atomic mass is 9.99. The van der Waals surface area contributed by atoms with Crippen molar-refractivity contribution in [2.45, 2.75) is 13.0 Å². The summed E-state index contributed by atoms with van der Waals surface area (Å²) in [4.78, 5) is 31.3. The first-order valence-corrected chi connectivity index (χ1v) is 12.0. The van der Waals surface area contributed by atoms with Crippen LogP contribution in [0.1, 0.15) is 24.2 Å². The van der Waals surface area contributed by atoms with Gasteiger partial charge in [0.2, 0.25) is 0 Å². The Morgan fingerprint density at radius 3 is 2.53 bits per heavy atom. The van der Waals surface area contributed by atoms with Gasteiger partial charge in [0.1, 0.15) is 18.5 Å².